The number of nitrogen functional groups attached to an aromatic ring is 1. The number of oxime groups is 1. The van der Waals surface area contributed by atoms with E-state index in [0.717, 1.165) is 16.4 Å². The number of nitrogens with one attached hydrogen (secondary N) is 1. The molecule has 3 aromatic heterocycles. The smallest absolute Gasteiger partial charge is 0.352 e. The molecule has 2 aliphatic heterocycles. The number of nitrogens with two attached hydrogens (primary N) is 2. The maximum absolute atomic E-state index is 13.2. The number of fused-ring (bicyclic) bond motifs is 2. The number of urea groups is 1. The lowest BCUT2D eigenvalue weighted by Crippen LogP contribution is -2.71. The number of thioether (sulfide) groups is 1. The molecule has 0 spiro atoms. The molecule has 16 nitrogen and oxygen atoms in total. The van der Waals surface area contributed by atoms with Crippen LogP contribution in [0.15, 0.2) is 34.2 Å². The molecule has 0 bridgehead atoms. The molecular formula is C22H25N10O6S3+. The first-order valence-corrected chi connectivity index (χ1v) is 14.8. The Kier molecular flexibility index (Phi) is 7.82. The average Bonchev–Trinajstić information content (AvgIpc) is 3.65. The Morgan fingerprint density at radius 1 is 1.39 bits per heavy atom. The van der Waals surface area contributed by atoms with Gasteiger partial charge in [0, 0.05) is 35.3 Å². The molecule has 1 saturated heterocycles. The van der Waals surface area contributed by atoms with Crippen molar-refractivity contribution in [2.75, 3.05) is 25.1 Å². The topological polar surface area (TPSA) is 215 Å². The summed E-state index contributed by atoms with van der Waals surface area (Å²) in [5.41, 5.74) is 11.2. The van der Waals surface area contributed by atoms with Crippen LogP contribution in [0.3, 0.4) is 0 Å². The van der Waals surface area contributed by atoms with Crippen LogP contribution in [0.2, 0.25) is 0 Å². The van der Waals surface area contributed by atoms with Gasteiger partial charge in [0.15, 0.2) is 5.13 Å². The van der Waals surface area contributed by atoms with Crippen LogP contribution < -0.4 is 21.4 Å². The van der Waals surface area contributed by atoms with Crippen molar-refractivity contribution >= 4 is 74.1 Å². The second kappa shape index (κ2) is 11.3. The summed E-state index contributed by atoms with van der Waals surface area (Å²) in [5.74, 6) is -1.65. The number of carbonyl (C=O) groups is 4. The van der Waals surface area contributed by atoms with Gasteiger partial charge in [-0.15, -0.1) is 11.8 Å². The van der Waals surface area contributed by atoms with Gasteiger partial charge in [-0.3, -0.25) is 14.5 Å². The van der Waals surface area contributed by atoms with Crippen LogP contribution in [0, 0.1) is 0 Å². The van der Waals surface area contributed by atoms with E-state index in [4.69, 9.17) is 16.3 Å². The molecule has 4 amide bonds. The molecule has 5 heterocycles. The molecular weight excluding hydrogens is 597 g/mol. The van der Waals surface area contributed by atoms with Gasteiger partial charge in [-0.05, 0) is 6.92 Å². The number of aromatic nitrogens is 4. The summed E-state index contributed by atoms with van der Waals surface area (Å²) in [6.07, 6.45) is 3.71. The molecule has 19 heteroatoms. The minimum Gasteiger partial charge on any atom is -0.477 e. The van der Waals surface area contributed by atoms with Crippen molar-refractivity contribution in [2.24, 2.45) is 10.9 Å². The van der Waals surface area contributed by atoms with E-state index < -0.39 is 35.2 Å². The van der Waals surface area contributed by atoms with Crippen molar-refractivity contribution in [1.82, 2.24) is 28.9 Å². The third-order valence-corrected chi connectivity index (χ3v) is 9.00. The molecule has 6 N–H and O–H groups in total. The first-order valence-electron chi connectivity index (χ1n) is 12.1. The van der Waals surface area contributed by atoms with Crippen LogP contribution in [0.25, 0.3) is 4.83 Å². The Balaban J connectivity index is 1.38. The Labute approximate surface area is 244 Å². The number of carboxylic acids is 1. The quantitative estimate of drug-likeness (QED) is 0.0977. The van der Waals surface area contributed by atoms with Crippen molar-refractivity contribution in [3.05, 3.63) is 40.7 Å². The van der Waals surface area contributed by atoms with Gasteiger partial charge in [0.05, 0.1) is 0 Å². The van der Waals surface area contributed by atoms with Crippen molar-refractivity contribution in [1.29, 1.82) is 0 Å². The van der Waals surface area contributed by atoms with Gasteiger partial charge in [0.1, 0.15) is 49.2 Å². The summed E-state index contributed by atoms with van der Waals surface area (Å²) in [6, 6.07) is -1.61. The number of carboxylic acid groups (broad SMARTS) is 1. The number of imidazole rings is 1. The van der Waals surface area contributed by atoms with Gasteiger partial charge in [0.2, 0.25) is 16.4 Å². The van der Waals surface area contributed by atoms with E-state index in [9.17, 15) is 24.3 Å². The maximum Gasteiger partial charge on any atom is 0.352 e. The fraction of sp³-hybridized carbons (Fsp3) is 0.364. The number of thiazole rings is 1. The molecule has 0 unspecified atom stereocenters. The second-order valence-corrected chi connectivity index (χ2v) is 11.7. The number of carbonyl (C=O) groups excluding carboxylic acids is 3. The first kappa shape index (κ1) is 28.3. The van der Waals surface area contributed by atoms with E-state index >= 15 is 0 Å². The van der Waals surface area contributed by atoms with Crippen molar-refractivity contribution < 1.29 is 33.7 Å². The van der Waals surface area contributed by atoms with E-state index in [2.05, 4.69) is 19.8 Å². The maximum atomic E-state index is 13.2. The Bertz CT molecular complexity index is 1610. The molecule has 0 aliphatic carbocycles. The van der Waals surface area contributed by atoms with E-state index in [0.29, 0.717) is 11.4 Å². The van der Waals surface area contributed by atoms with Gasteiger partial charge in [-0.25, -0.2) is 14.2 Å². The van der Waals surface area contributed by atoms with Gasteiger partial charge in [-0.1, -0.05) is 16.5 Å². The van der Waals surface area contributed by atoms with Crippen LogP contribution in [-0.4, -0.2) is 89.0 Å². The number of rotatable bonds is 10. The molecule has 216 valence electrons. The first-order chi connectivity index (χ1) is 19.6. The lowest BCUT2D eigenvalue weighted by atomic mass is 10.0. The summed E-state index contributed by atoms with van der Waals surface area (Å²) in [4.78, 5) is 62.8. The predicted molar refractivity (Wildman–Crippen MR) is 149 cm³/mol. The van der Waals surface area contributed by atoms with Crippen molar-refractivity contribution in [2.45, 2.75) is 31.4 Å². The van der Waals surface area contributed by atoms with E-state index in [-0.39, 0.29) is 47.8 Å². The zero-order valence-corrected chi connectivity index (χ0v) is 24.2. The molecule has 0 aromatic carbocycles. The Morgan fingerprint density at radius 2 is 2.17 bits per heavy atom. The standard InChI is InChI=1S/C22H24N10O6S3/c1-3-38-27-13(16-26-21(23)41-28-16)17(33)25-14-18(34)32-15(20(35)36)10(9-40-19(14)32)6-30-8-12-31(4-5-39-12)11(30)7-29(2)22(24)37/h4-5,8,14,19H,3,6-7,9H2,1-2H3,(H5-,23,24,25,26,28,33,35,36,37)/p+1/b27-13-/t14-,19-/m1/s1. The predicted octanol–water partition coefficient (Wildman–Crippen LogP) is -0.588. The lowest BCUT2D eigenvalue weighted by Gasteiger charge is -2.49. The lowest BCUT2D eigenvalue weighted by molar-refractivity contribution is -0.695. The van der Waals surface area contributed by atoms with E-state index in [1.165, 1.54) is 32.9 Å². The zero-order valence-electron chi connectivity index (χ0n) is 21.7. The van der Waals surface area contributed by atoms with Crippen LogP contribution in [0.4, 0.5) is 9.93 Å². The number of primary amides is 1. The van der Waals surface area contributed by atoms with Gasteiger partial charge >= 0.3 is 12.0 Å². The average molecular weight is 622 g/mol. The molecule has 0 saturated carbocycles. The highest BCUT2D eigenvalue weighted by Crippen LogP contribution is 2.40. The van der Waals surface area contributed by atoms with Crippen molar-refractivity contribution in [3.8, 4) is 0 Å². The van der Waals surface area contributed by atoms with Crippen LogP contribution >= 0.6 is 34.6 Å². The Morgan fingerprint density at radius 3 is 2.83 bits per heavy atom. The Hall–Kier alpha value is -4.23. The van der Waals surface area contributed by atoms with Crippen molar-refractivity contribution in [3.63, 3.8) is 0 Å². The SMILES string of the molecule is CCO/N=C(\C(=O)N[C@@H]1C(=O)N2C(C(=O)O)=C(C[n+]3cc4sccn4c3CN(C)C(N)=O)CS[C@H]12)c1nsc(N)n1. The van der Waals surface area contributed by atoms with Gasteiger partial charge in [0.25, 0.3) is 17.6 Å². The van der Waals surface area contributed by atoms with Crippen LogP contribution in [-0.2, 0) is 32.3 Å². The van der Waals surface area contributed by atoms with Crippen LogP contribution in [0.1, 0.15) is 18.6 Å². The zero-order chi connectivity index (χ0) is 29.4. The number of amides is 4. The molecule has 1 fully saturated rings. The monoisotopic (exact) mass is 621 g/mol. The van der Waals surface area contributed by atoms with Crippen LogP contribution in [0.5, 0.6) is 0 Å². The highest BCUT2D eigenvalue weighted by atomic mass is 32.2. The fourth-order valence-corrected chi connectivity index (χ4v) is 6.96. The minimum atomic E-state index is -1.26. The molecule has 0 radical (unpaired) electrons. The third kappa shape index (κ3) is 5.30. The molecule has 2 atom stereocenters. The third-order valence-electron chi connectivity index (χ3n) is 6.32. The summed E-state index contributed by atoms with van der Waals surface area (Å²) in [5, 5.41) is 17.9. The number of hydrogen-bond acceptors (Lipinski definition) is 12. The van der Waals surface area contributed by atoms with Gasteiger partial charge in [-0.2, -0.15) is 13.8 Å². The molecule has 2 aliphatic rings. The summed E-state index contributed by atoms with van der Waals surface area (Å²) in [6.45, 7) is 2.22. The highest BCUT2D eigenvalue weighted by Gasteiger charge is 2.54. The number of nitrogens with zero attached hydrogens (tertiary/aromatic N) is 7. The summed E-state index contributed by atoms with van der Waals surface area (Å²) in [7, 11) is 1.57. The largest absolute Gasteiger partial charge is 0.477 e. The number of aliphatic carboxylic acids is 1. The molecule has 5 rings (SSSR count). The second-order valence-electron chi connectivity index (χ2n) is 8.91. The number of β-lactam (4-membered cyclic amide) rings is 1. The normalized spacial score (nSPS) is 18.7. The molecule has 3 aromatic rings. The van der Waals surface area contributed by atoms with Gasteiger partial charge < -0.3 is 31.6 Å². The van der Waals surface area contributed by atoms with E-state index in [1.54, 1.807) is 14.0 Å². The number of hydrogen-bond donors (Lipinski definition) is 4. The fourth-order valence-electron chi connectivity index (χ4n) is 4.40. The number of anilines is 1. The summed E-state index contributed by atoms with van der Waals surface area (Å²) < 4.78 is 7.73. The highest BCUT2D eigenvalue weighted by molar-refractivity contribution is 8.00. The minimum absolute atomic E-state index is 0.0472. The van der Waals surface area contributed by atoms with E-state index in [1.807, 2.05) is 26.7 Å². The molecule has 41 heavy (non-hydrogen) atoms. The summed E-state index contributed by atoms with van der Waals surface area (Å²) >= 11 is 3.68.